The molecule has 3 heteroatoms. The third-order valence-corrected chi connectivity index (χ3v) is 4.51. The Morgan fingerprint density at radius 2 is 1.86 bits per heavy atom. The summed E-state index contributed by atoms with van der Waals surface area (Å²) < 4.78 is 0. The van der Waals surface area contributed by atoms with Gasteiger partial charge in [0.1, 0.15) is 0 Å². The zero-order valence-electron chi connectivity index (χ0n) is 12.5. The highest BCUT2D eigenvalue weighted by Crippen LogP contribution is 2.40. The maximum absolute atomic E-state index is 10.0. The molecule has 0 saturated carbocycles. The fraction of sp³-hybridized carbons (Fsp3) is 0.333. The minimum absolute atomic E-state index is 0.0169. The van der Waals surface area contributed by atoms with E-state index in [-0.39, 0.29) is 17.4 Å². The van der Waals surface area contributed by atoms with E-state index >= 15 is 0 Å². The number of phenolic OH excluding ortho intramolecular Hbond substituents is 2. The number of fused-ring (bicyclic) bond motifs is 1. The topological polar surface area (TPSA) is 43.7 Å². The molecule has 21 heavy (non-hydrogen) atoms. The molecule has 0 aliphatic carbocycles. The molecule has 2 N–H and O–H groups in total. The van der Waals surface area contributed by atoms with Gasteiger partial charge >= 0.3 is 0 Å². The Balaban J connectivity index is 2.18. The van der Waals surface area contributed by atoms with E-state index in [2.05, 4.69) is 24.1 Å². The molecule has 110 valence electrons. The van der Waals surface area contributed by atoms with Gasteiger partial charge in [-0.3, -0.25) is 0 Å². The zero-order chi connectivity index (χ0) is 15.0. The summed E-state index contributed by atoms with van der Waals surface area (Å²) in [5, 5.41) is 20.0. The van der Waals surface area contributed by atoms with Crippen molar-refractivity contribution < 1.29 is 10.2 Å². The molecule has 1 aliphatic heterocycles. The highest BCUT2D eigenvalue weighted by atomic mass is 16.3. The second kappa shape index (κ2) is 5.41. The number of phenols is 2. The van der Waals surface area contributed by atoms with Crippen molar-refractivity contribution in [3.8, 4) is 11.5 Å². The van der Waals surface area contributed by atoms with E-state index < -0.39 is 0 Å². The van der Waals surface area contributed by atoms with E-state index in [0.717, 1.165) is 30.6 Å². The molecule has 1 aliphatic rings. The molecule has 0 radical (unpaired) electrons. The van der Waals surface area contributed by atoms with E-state index in [4.69, 9.17) is 0 Å². The molecule has 3 nitrogen and oxygen atoms in total. The molecular weight excluding hydrogens is 262 g/mol. The van der Waals surface area contributed by atoms with Crippen molar-refractivity contribution in [2.45, 2.75) is 19.3 Å². The predicted octanol–water partition coefficient (Wildman–Crippen LogP) is 3.03. The van der Waals surface area contributed by atoms with E-state index in [1.165, 1.54) is 11.1 Å². The van der Waals surface area contributed by atoms with Gasteiger partial charge in [-0.15, -0.1) is 0 Å². The first kappa shape index (κ1) is 14.0. The SMILES string of the molecule is Cc1c(O)c(O)cc2c1CCN(C)CC2c1ccccc1. The average Bonchev–Trinajstić information content (AvgIpc) is 2.65. The Morgan fingerprint density at radius 1 is 1.14 bits per heavy atom. The number of likely N-dealkylation sites (N-methyl/N-ethyl adjacent to an activating group) is 1. The van der Waals surface area contributed by atoms with Gasteiger partial charge in [0.25, 0.3) is 0 Å². The molecule has 0 spiro atoms. The number of aromatic hydroxyl groups is 2. The molecule has 0 bridgehead atoms. The Morgan fingerprint density at radius 3 is 2.57 bits per heavy atom. The lowest BCUT2D eigenvalue weighted by Crippen LogP contribution is -2.24. The van der Waals surface area contributed by atoms with Gasteiger partial charge in [-0.1, -0.05) is 30.3 Å². The van der Waals surface area contributed by atoms with Crippen molar-refractivity contribution in [3.05, 3.63) is 58.7 Å². The van der Waals surface area contributed by atoms with Crippen LogP contribution in [0.4, 0.5) is 0 Å². The summed E-state index contributed by atoms with van der Waals surface area (Å²) in [6, 6.07) is 12.1. The summed E-state index contributed by atoms with van der Waals surface area (Å²) in [7, 11) is 2.12. The van der Waals surface area contributed by atoms with Crippen LogP contribution in [0.3, 0.4) is 0 Å². The summed E-state index contributed by atoms with van der Waals surface area (Å²) >= 11 is 0. The van der Waals surface area contributed by atoms with Crippen molar-refractivity contribution in [2.75, 3.05) is 20.1 Å². The first-order valence-corrected chi connectivity index (χ1v) is 7.35. The molecule has 2 aromatic rings. The maximum Gasteiger partial charge on any atom is 0.160 e. The maximum atomic E-state index is 10.0. The van der Waals surface area contributed by atoms with Crippen LogP contribution in [0.1, 0.15) is 28.2 Å². The normalized spacial score (nSPS) is 19.0. The van der Waals surface area contributed by atoms with E-state index in [1.807, 2.05) is 25.1 Å². The van der Waals surface area contributed by atoms with Crippen LogP contribution < -0.4 is 0 Å². The summed E-state index contributed by atoms with van der Waals surface area (Å²) in [6.07, 6.45) is 0.898. The molecule has 0 saturated heterocycles. The fourth-order valence-electron chi connectivity index (χ4n) is 3.27. The van der Waals surface area contributed by atoms with Crippen LogP contribution >= 0.6 is 0 Å². The molecule has 0 amide bonds. The molecule has 0 aromatic heterocycles. The molecule has 3 rings (SSSR count). The van der Waals surface area contributed by atoms with Gasteiger partial charge in [0.15, 0.2) is 11.5 Å². The number of hydrogen-bond donors (Lipinski definition) is 2. The molecule has 1 atom stereocenters. The molecule has 1 heterocycles. The van der Waals surface area contributed by atoms with Gasteiger partial charge in [0.05, 0.1) is 0 Å². The summed E-state index contributed by atoms with van der Waals surface area (Å²) in [6.45, 7) is 3.77. The third-order valence-electron chi connectivity index (χ3n) is 4.51. The van der Waals surface area contributed by atoms with Crippen molar-refractivity contribution in [1.29, 1.82) is 0 Å². The highest BCUT2D eigenvalue weighted by molar-refractivity contribution is 5.55. The van der Waals surface area contributed by atoms with Gasteiger partial charge in [0, 0.05) is 19.0 Å². The fourth-order valence-corrected chi connectivity index (χ4v) is 3.27. The minimum atomic E-state index is -0.0169. The summed E-state index contributed by atoms with van der Waals surface area (Å²) in [4.78, 5) is 2.31. The molecule has 1 unspecified atom stereocenters. The number of hydrogen-bond acceptors (Lipinski definition) is 3. The van der Waals surface area contributed by atoms with Crippen LogP contribution in [0, 0.1) is 6.92 Å². The van der Waals surface area contributed by atoms with E-state index in [1.54, 1.807) is 6.07 Å². The van der Waals surface area contributed by atoms with Gasteiger partial charge in [0.2, 0.25) is 0 Å². The standard InChI is InChI=1S/C18H21NO2/c1-12-14-8-9-19(2)11-16(13-6-4-3-5-7-13)15(14)10-17(20)18(12)21/h3-7,10,16,20-21H,8-9,11H2,1-2H3. The average molecular weight is 283 g/mol. The summed E-state index contributed by atoms with van der Waals surface area (Å²) in [5.41, 5.74) is 4.36. The Labute approximate surface area is 125 Å². The van der Waals surface area contributed by atoms with Crippen molar-refractivity contribution in [2.24, 2.45) is 0 Å². The van der Waals surface area contributed by atoms with Crippen LogP contribution in [0.5, 0.6) is 11.5 Å². The van der Waals surface area contributed by atoms with Crippen LogP contribution in [-0.4, -0.2) is 35.3 Å². The first-order chi connectivity index (χ1) is 10.1. The Kier molecular flexibility index (Phi) is 3.60. The number of nitrogens with zero attached hydrogens (tertiary/aromatic N) is 1. The van der Waals surface area contributed by atoms with Crippen molar-refractivity contribution >= 4 is 0 Å². The number of rotatable bonds is 1. The molecular formula is C18H21NO2. The largest absolute Gasteiger partial charge is 0.504 e. The quantitative estimate of drug-likeness (QED) is 0.791. The number of benzene rings is 2. The van der Waals surface area contributed by atoms with Crippen LogP contribution in [0.25, 0.3) is 0 Å². The van der Waals surface area contributed by atoms with Gasteiger partial charge in [-0.05, 0) is 48.7 Å². The van der Waals surface area contributed by atoms with Gasteiger partial charge < -0.3 is 15.1 Å². The van der Waals surface area contributed by atoms with Gasteiger partial charge in [-0.25, -0.2) is 0 Å². The van der Waals surface area contributed by atoms with Crippen molar-refractivity contribution in [3.63, 3.8) is 0 Å². The van der Waals surface area contributed by atoms with Crippen LogP contribution in [0.15, 0.2) is 36.4 Å². The monoisotopic (exact) mass is 283 g/mol. The van der Waals surface area contributed by atoms with E-state index in [0.29, 0.717) is 0 Å². The highest BCUT2D eigenvalue weighted by Gasteiger charge is 2.26. The lowest BCUT2D eigenvalue weighted by Gasteiger charge is -2.23. The lowest BCUT2D eigenvalue weighted by atomic mass is 9.86. The molecule has 0 fully saturated rings. The van der Waals surface area contributed by atoms with Crippen molar-refractivity contribution in [1.82, 2.24) is 4.90 Å². The van der Waals surface area contributed by atoms with Crippen LogP contribution in [-0.2, 0) is 6.42 Å². The lowest BCUT2D eigenvalue weighted by molar-refractivity contribution is 0.338. The minimum Gasteiger partial charge on any atom is -0.504 e. The summed E-state index contributed by atoms with van der Waals surface area (Å²) in [5.74, 6) is 0.223. The Hall–Kier alpha value is -2.00. The van der Waals surface area contributed by atoms with E-state index in [9.17, 15) is 10.2 Å². The van der Waals surface area contributed by atoms with Gasteiger partial charge in [-0.2, -0.15) is 0 Å². The third kappa shape index (κ3) is 2.49. The molecule has 2 aromatic carbocycles. The zero-order valence-corrected chi connectivity index (χ0v) is 12.5. The van der Waals surface area contributed by atoms with Crippen LogP contribution in [0.2, 0.25) is 0 Å². The smallest absolute Gasteiger partial charge is 0.160 e. The second-order valence-electron chi connectivity index (χ2n) is 5.91. The second-order valence-corrected chi connectivity index (χ2v) is 5.91. The predicted molar refractivity (Wildman–Crippen MR) is 84.0 cm³/mol. The first-order valence-electron chi connectivity index (χ1n) is 7.35. The Bertz CT molecular complexity index is 652.